The number of aliphatic carboxylic acids is 1. The van der Waals surface area contributed by atoms with E-state index in [0.29, 0.717) is 13.0 Å². The van der Waals surface area contributed by atoms with Gasteiger partial charge < -0.3 is 9.84 Å². The third kappa shape index (κ3) is 3.69. The Balaban J connectivity index is 0.00000162. The second-order valence-electron chi connectivity index (χ2n) is 6.17. The van der Waals surface area contributed by atoms with Gasteiger partial charge in [0.2, 0.25) is 0 Å². The van der Waals surface area contributed by atoms with E-state index in [4.69, 9.17) is 9.84 Å². The monoisotopic (exact) mass is 280 g/mol. The Morgan fingerprint density at radius 2 is 1.89 bits per heavy atom. The molecule has 0 bridgehead atoms. The van der Waals surface area contributed by atoms with Gasteiger partial charge in [0.15, 0.2) is 0 Å². The van der Waals surface area contributed by atoms with Crippen LogP contribution in [-0.4, -0.2) is 40.3 Å². The zero-order valence-electron chi connectivity index (χ0n) is 11.5. The Morgan fingerprint density at radius 3 is 2.28 bits per heavy atom. The molecule has 1 aliphatic carbocycles. The van der Waals surface area contributed by atoms with Gasteiger partial charge in [0.05, 0.1) is 0 Å². The van der Waals surface area contributed by atoms with E-state index >= 15 is 0 Å². The molecular weight excluding hydrogens is 261 g/mol. The van der Waals surface area contributed by atoms with Crippen molar-refractivity contribution in [1.29, 1.82) is 0 Å². The number of carbonyl (C=O) groups is 2. The molecule has 0 aromatic heterocycles. The van der Waals surface area contributed by atoms with E-state index in [1.54, 1.807) is 20.8 Å². The van der Waals surface area contributed by atoms with Gasteiger partial charge >= 0.3 is 63.4 Å². The fourth-order valence-electron chi connectivity index (χ4n) is 2.33. The number of carboxylic acids is 1. The number of rotatable bonds is 1. The van der Waals surface area contributed by atoms with E-state index in [0.717, 1.165) is 12.8 Å². The van der Waals surface area contributed by atoms with E-state index < -0.39 is 23.7 Å². The first kappa shape index (κ1) is 16.4. The smallest absolute Gasteiger partial charge is 0.480 e. The molecule has 2 rings (SSSR count). The van der Waals surface area contributed by atoms with Crippen molar-refractivity contribution in [2.45, 2.75) is 51.7 Å². The standard InChI is InChI=1S/C12H19NO4.K/c1-11(2,3)17-10(16)13-7-12(4-5-12)6-8(13)9(14)15;/h8H,4-7H2,1-3H3,(H,14,15);/q;+1. The molecule has 2 aliphatic rings. The summed E-state index contributed by atoms with van der Waals surface area (Å²) >= 11 is 0. The molecule has 1 saturated heterocycles. The molecule has 1 heterocycles. The van der Waals surface area contributed by atoms with Crippen molar-refractivity contribution in [3.05, 3.63) is 0 Å². The molecule has 0 aromatic carbocycles. The third-order valence-corrected chi connectivity index (χ3v) is 3.38. The SMILES string of the molecule is CC(C)(C)OC(=O)N1CC2(CC2)CC1C(=O)O.[K+]. The fourth-order valence-corrected chi connectivity index (χ4v) is 2.33. The molecule has 1 N–H and O–H groups in total. The van der Waals surface area contributed by atoms with Crippen LogP contribution in [0.3, 0.4) is 0 Å². The summed E-state index contributed by atoms with van der Waals surface area (Å²) < 4.78 is 5.25. The average Bonchev–Trinajstić information content (AvgIpc) is 2.73. The number of likely N-dealkylation sites (tertiary alicyclic amines) is 1. The second kappa shape index (κ2) is 5.40. The number of carbonyl (C=O) groups excluding carboxylic acids is 1. The van der Waals surface area contributed by atoms with Gasteiger partial charge in [-0.25, -0.2) is 9.59 Å². The van der Waals surface area contributed by atoms with Gasteiger partial charge in [-0.05, 0) is 45.4 Å². The first-order chi connectivity index (χ1) is 7.72. The summed E-state index contributed by atoms with van der Waals surface area (Å²) in [6.45, 7) is 5.87. The van der Waals surface area contributed by atoms with Crippen LogP contribution in [0.5, 0.6) is 0 Å². The van der Waals surface area contributed by atoms with Gasteiger partial charge in [0.25, 0.3) is 0 Å². The van der Waals surface area contributed by atoms with Crippen LogP contribution in [0, 0.1) is 5.41 Å². The third-order valence-electron chi connectivity index (χ3n) is 3.38. The summed E-state index contributed by atoms with van der Waals surface area (Å²) in [7, 11) is 0. The number of hydrogen-bond donors (Lipinski definition) is 1. The number of carboxylic acid groups (broad SMARTS) is 1. The molecule has 0 aromatic rings. The van der Waals surface area contributed by atoms with Crippen LogP contribution in [0.25, 0.3) is 0 Å². The Labute approximate surface area is 150 Å². The van der Waals surface area contributed by atoms with E-state index in [9.17, 15) is 9.59 Å². The van der Waals surface area contributed by atoms with Crippen molar-refractivity contribution < 1.29 is 70.8 Å². The number of nitrogens with zero attached hydrogens (tertiary/aromatic N) is 1. The first-order valence-electron chi connectivity index (χ1n) is 5.95. The first-order valence-corrected chi connectivity index (χ1v) is 5.95. The largest absolute Gasteiger partial charge is 1.00 e. The summed E-state index contributed by atoms with van der Waals surface area (Å²) in [6, 6.07) is -0.715. The quantitative estimate of drug-likeness (QED) is 0.617. The van der Waals surface area contributed by atoms with Gasteiger partial charge in [-0.3, -0.25) is 4.90 Å². The maximum Gasteiger partial charge on any atom is 1.00 e. The minimum absolute atomic E-state index is 0. The molecule has 1 saturated carbocycles. The van der Waals surface area contributed by atoms with Crippen LogP contribution < -0.4 is 51.4 Å². The molecular formula is C12H19KNO4+. The van der Waals surface area contributed by atoms with Crippen molar-refractivity contribution in [3.63, 3.8) is 0 Å². The molecule has 96 valence electrons. The zero-order chi connectivity index (χ0) is 12.8. The van der Waals surface area contributed by atoms with E-state index in [1.807, 2.05) is 0 Å². The summed E-state index contributed by atoms with van der Waals surface area (Å²) in [5.41, 5.74) is -0.514. The molecule has 2 fully saturated rings. The summed E-state index contributed by atoms with van der Waals surface area (Å²) in [5, 5.41) is 9.14. The molecule has 1 amide bonds. The van der Waals surface area contributed by atoms with Gasteiger partial charge in [0, 0.05) is 6.54 Å². The van der Waals surface area contributed by atoms with E-state index in [1.165, 1.54) is 4.90 Å². The summed E-state index contributed by atoms with van der Waals surface area (Å²) in [5.74, 6) is -0.931. The Bertz CT molecular complexity index is 360. The predicted octanol–water partition coefficient (Wildman–Crippen LogP) is -1.14. The average molecular weight is 280 g/mol. The minimum Gasteiger partial charge on any atom is -0.480 e. The minimum atomic E-state index is -0.931. The molecule has 1 unspecified atom stereocenters. The van der Waals surface area contributed by atoms with Crippen molar-refractivity contribution in [1.82, 2.24) is 4.90 Å². The molecule has 0 radical (unpaired) electrons. The van der Waals surface area contributed by atoms with Gasteiger partial charge in [0.1, 0.15) is 11.6 Å². The van der Waals surface area contributed by atoms with Gasteiger partial charge in [-0.1, -0.05) is 0 Å². The number of amides is 1. The van der Waals surface area contributed by atoms with Crippen molar-refractivity contribution in [2.24, 2.45) is 5.41 Å². The predicted molar refractivity (Wildman–Crippen MR) is 60.6 cm³/mol. The topological polar surface area (TPSA) is 66.8 Å². The van der Waals surface area contributed by atoms with Crippen LogP contribution in [0.15, 0.2) is 0 Å². The Kier molecular flexibility index (Phi) is 4.93. The molecule has 1 atom stereocenters. The van der Waals surface area contributed by atoms with Gasteiger partial charge in [-0.15, -0.1) is 0 Å². The van der Waals surface area contributed by atoms with Crippen LogP contribution in [0.2, 0.25) is 0 Å². The number of hydrogen-bond acceptors (Lipinski definition) is 3. The Hall–Kier alpha value is 0.376. The van der Waals surface area contributed by atoms with E-state index in [2.05, 4.69) is 0 Å². The van der Waals surface area contributed by atoms with Crippen LogP contribution in [-0.2, 0) is 9.53 Å². The normalized spacial score (nSPS) is 24.6. The maximum atomic E-state index is 11.9. The summed E-state index contributed by atoms with van der Waals surface area (Å²) in [4.78, 5) is 24.5. The molecule has 6 heteroatoms. The van der Waals surface area contributed by atoms with E-state index in [-0.39, 0.29) is 56.8 Å². The van der Waals surface area contributed by atoms with Crippen LogP contribution in [0.1, 0.15) is 40.0 Å². The molecule has 5 nitrogen and oxygen atoms in total. The maximum absolute atomic E-state index is 11.9. The Morgan fingerprint density at radius 1 is 1.33 bits per heavy atom. The molecule has 1 spiro atoms. The van der Waals surface area contributed by atoms with Crippen LogP contribution >= 0.6 is 0 Å². The van der Waals surface area contributed by atoms with Crippen LogP contribution in [0.4, 0.5) is 4.79 Å². The molecule has 18 heavy (non-hydrogen) atoms. The fraction of sp³-hybridized carbons (Fsp3) is 0.833. The van der Waals surface area contributed by atoms with Crippen molar-refractivity contribution in [2.75, 3.05) is 6.54 Å². The number of ether oxygens (including phenoxy) is 1. The second-order valence-corrected chi connectivity index (χ2v) is 6.17. The summed E-state index contributed by atoms with van der Waals surface area (Å²) in [6.07, 6.45) is 2.11. The van der Waals surface area contributed by atoms with Crippen molar-refractivity contribution >= 4 is 12.1 Å². The van der Waals surface area contributed by atoms with Crippen molar-refractivity contribution in [3.8, 4) is 0 Å². The van der Waals surface area contributed by atoms with Gasteiger partial charge in [-0.2, -0.15) is 0 Å². The zero-order valence-corrected chi connectivity index (χ0v) is 14.6. The molecule has 1 aliphatic heterocycles.